The van der Waals surface area contributed by atoms with Crippen LogP contribution < -0.4 is 4.72 Å². The van der Waals surface area contributed by atoms with Crippen LogP contribution in [0.5, 0.6) is 0 Å². The number of hydrogen-bond donors (Lipinski definition) is 2. The summed E-state index contributed by atoms with van der Waals surface area (Å²) in [6.45, 7) is 5.54. The first-order chi connectivity index (χ1) is 15.5. The quantitative estimate of drug-likeness (QED) is 0.448. The molecule has 0 aliphatic heterocycles. The Hall–Kier alpha value is -2.06. The Kier molecular flexibility index (Phi) is 8.11. The molecule has 1 aliphatic rings. The van der Waals surface area contributed by atoms with Crippen molar-refractivity contribution in [3.05, 3.63) is 74.9 Å². The molecule has 0 fully saturated rings. The van der Waals surface area contributed by atoms with Crippen LogP contribution in [0, 0.1) is 0 Å². The van der Waals surface area contributed by atoms with Gasteiger partial charge in [-0.1, -0.05) is 47.5 Å². The highest BCUT2D eigenvalue weighted by atomic mass is 35.5. The van der Waals surface area contributed by atoms with Gasteiger partial charge in [-0.25, -0.2) is 9.00 Å². The summed E-state index contributed by atoms with van der Waals surface area (Å²) in [5.74, 6) is 0.0614. The van der Waals surface area contributed by atoms with Crippen molar-refractivity contribution in [3.8, 4) is 0 Å². The molecule has 0 saturated heterocycles. The first-order valence-electron chi connectivity index (χ1n) is 10.5. The molecule has 9 heteroatoms. The summed E-state index contributed by atoms with van der Waals surface area (Å²) in [7, 11) is 1.76. The van der Waals surface area contributed by atoms with Crippen LogP contribution in [0.1, 0.15) is 67.8 Å². The van der Waals surface area contributed by atoms with Crippen molar-refractivity contribution in [2.45, 2.75) is 51.2 Å². The van der Waals surface area contributed by atoms with Crippen LogP contribution in [-0.2, 0) is 16.0 Å². The highest BCUT2D eigenvalue weighted by Crippen LogP contribution is 2.45. The van der Waals surface area contributed by atoms with Crippen molar-refractivity contribution >= 4 is 46.6 Å². The largest absolute Gasteiger partial charge is 0.444 e. The molecule has 0 radical (unpaired) electrons. The minimum absolute atomic E-state index is 0.0614. The van der Waals surface area contributed by atoms with E-state index in [1.165, 1.54) is 6.20 Å². The number of rotatable bonds is 5. The topological polar surface area (TPSA) is 78.9 Å². The van der Waals surface area contributed by atoms with E-state index in [0.717, 1.165) is 35.1 Å². The SMILES string of the molecule is CN(C(=O)OC(C)(C)C)C1CCC(c2ccc(Cl)c(Cl)c2)c2cc(C=CNS(=O)O)ccc21. The van der Waals surface area contributed by atoms with Crippen molar-refractivity contribution in [3.63, 3.8) is 0 Å². The zero-order chi connectivity index (χ0) is 24.3. The fraction of sp³-hybridized carbons (Fsp3) is 0.375. The molecule has 3 rings (SSSR count). The van der Waals surface area contributed by atoms with Gasteiger partial charge in [0.25, 0.3) is 11.3 Å². The molecule has 0 aromatic heterocycles. The maximum absolute atomic E-state index is 12.8. The first kappa shape index (κ1) is 25.6. The van der Waals surface area contributed by atoms with Crippen LogP contribution in [0.4, 0.5) is 4.79 Å². The molecule has 33 heavy (non-hydrogen) atoms. The minimum atomic E-state index is -2.13. The normalized spacial score (nSPS) is 19.1. The summed E-state index contributed by atoms with van der Waals surface area (Å²) in [6.07, 6.45) is 4.34. The Bertz CT molecular complexity index is 1080. The van der Waals surface area contributed by atoms with Crippen molar-refractivity contribution in [1.29, 1.82) is 0 Å². The molecule has 0 heterocycles. The Morgan fingerprint density at radius 2 is 1.88 bits per heavy atom. The van der Waals surface area contributed by atoms with Crippen LogP contribution in [0.25, 0.3) is 6.08 Å². The highest BCUT2D eigenvalue weighted by Gasteiger charge is 2.34. The molecule has 178 valence electrons. The lowest BCUT2D eigenvalue weighted by Gasteiger charge is -2.37. The van der Waals surface area contributed by atoms with Crippen molar-refractivity contribution in [1.82, 2.24) is 9.62 Å². The van der Waals surface area contributed by atoms with E-state index in [2.05, 4.69) is 4.72 Å². The van der Waals surface area contributed by atoms with E-state index in [0.29, 0.717) is 10.0 Å². The van der Waals surface area contributed by atoms with Gasteiger partial charge in [0.2, 0.25) is 0 Å². The average molecular weight is 511 g/mol. The van der Waals surface area contributed by atoms with Crippen molar-refractivity contribution < 1.29 is 18.3 Å². The molecule has 6 nitrogen and oxygen atoms in total. The molecule has 3 unspecified atom stereocenters. The van der Waals surface area contributed by atoms with Crippen LogP contribution in [-0.4, -0.2) is 32.4 Å². The number of halogens is 2. The molecule has 2 aromatic carbocycles. The molecule has 3 atom stereocenters. The van der Waals surface area contributed by atoms with Gasteiger partial charge in [-0.2, -0.15) is 0 Å². The van der Waals surface area contributed by atoms with Gasteiger partial charge in [0, 0.05) is 19.2 Å². The molecule has 2 aromatic rings. The predicted octanol–water partition coefficient (Wildman–Crippen LogP) is 6.52. The number of fused-ring (bicyclic) bond motifs is 1. The molecule has 2 N–H and O–H groups in total. The number of benzene rings is 2. The maximum Gasteiger partial charge on any atom is 0.410 e. The average Bonchev–Trinajstić information content (AvgIpc) is 2.73. The monoisotopic (exact) mass is 510 g/mol. The molecule has 0 saturated carbocycles. The van der Waals surface area contributed by atoms with Crippen molar-refractivity contribution in [2.24, 2.45) is 0 Å². The molecule has 1 amide bonds. The smallest absolute Gasteiger partial charge is 0.410 e. The van der Waals surface area contributed by atoms with E-state index in [1.54, 1.807) is 24.1 Å². The summed E-state index contributed by atoms with van der Waals surface area (Å²) < 4.78 is 27.7. The second-order valence-corrected chi connectivity index (χ2v) is 10.5. The Morgan fingerprint density at radius 3 is 2.52 bits per heavy atom. The van der Waals surface area contributed by atoms with Gasteiger partial charge in [0.15, 0.2) is 0 Å². The van der Waals surface area contributed by atoms with E-state index >= 15 is 0 Å². The molecular formula is C24H28Cl2N2O4S. The van der Waals surface area contributed by atoms with Gasteiger partial charge in [0.1, 0.15) is 5.60 Å². The Labute approximate surface area is 207 Å². The number of nitrogens with one attached hydrogen (secondary N) is 1. The lowest BCUT2D eigenvalue weighted by atomic mass is 9.76. The van der Waals surface area contributed by atoms with Crippen molar-refractivity contribution in [2.75, 3.05) is 7.05 Å². The number of nitrogens with zero attached hydrogens (tertiary/aromatic N) is 1. The van der Waals surface area contributed by atoms with E-state index in [9.17, 15) is 9.00 Å². The Balaban J connectivity index is 2.01. The van der Waals surface area contributed by atoms with E-state index in [-0.39, 0.29) is 18.1 Å². The van der Waals surface area contributed by atoms with Crippen LogP contribution in [0.2, 0.25) is 10.0 Å². The fourth-order valence-corrected chi connectivity index (χ4v) is 4.56. The van der Waals surface area contributed by atoms with Gasteiger partial charge >= 0.3 is 6.09 Å². The second kappa shape index (κ2) is 10.5. The number of hydrogen-bond acceptors (Lipinski definition) is 3. The van der Waals surface area contributed by atoms with Gasteiger partial charge in [0.05, 0.1) is 16.1 Å². The third kappa shape index (κ3) is 6.51. The van der Waals surface area contributed by atoms with Crippen LogP contribution in [0.15, 0.2) is 42.6 Å². The summed E-state index contributed by atoms with van der Waals surface area (Å²) >= 11 is 10.3. The zero-order valence-electron chi connectivity index (χ0n) is 19.0. The predicted molar refractivity (Wildman–Crippen MR) is 134 cm³/mol. The lowest BCUT2D eigenvalue weighted by Crippen LogP contribution is -2.38. The maximum atomic E-state index is 12.8. The number of carbonyl (C=O) groups is 1. The van der Waals surface area contributed by atoms with Gasteiger partial charge in [-0.3, -0.25) is 9.27 Å². The second-order valence-electron chi connectivity index (χ2n) is 9.00. The summed E-state index contributed by atoms with van der Waals surface area (Å²) in [5, 5.41) is 0.994. The van der Waals surface area contributed by atoms with Crippen LogP contribution >= 0.6 is 23.2 Å². The third-order valence-corrected chi connectivity index (χ3v) is 6.59. The number of amides is 1. The van der Waals surface area contributed by atoms with Crippen LogP contribution in [0.3, 0.4) is 0 Å². The van der Waals surface area contributed by atoms with Gasteiger partial charge < -0.3 is 9.64 Å². The highest BCUT2D eigenvalue weighted by molar-refractivity contribution is 7.77. The fourth-order valence-electron chi connectivity index (χ4n) is 4.06. The molecule has 0 spiro atoms. The number of carbonyl (C=O) groups excluding carboxylic acids is 1. The van der Waals surface area contributed by atoms with E-state index < -0.39 is 16.9 Å². The summed E-state index contributed by atoms with van der Waals surface area (Å²) in [6, 6.07) is 11.5. The summed E-state index contributed by atoms with van der Waals surface area (Å²) in [4.78, 5) is 14.4. The molecular weight excluding hydrogens is 483 g/mol. The van der Waals surface area contributed by atoms with Gasteiger partial charge in [-0.05, 0) is 74.1 Å². The minimum Gasteiger partial charge on any atom is -0.444 e. The number of ether oxygens (including phenoxy) is 1. The van der Waals surface area contributed by atoms with Gasteiger partial charge in [-0.15, -0.1) is 0 Å². The zero-order valence-corrected chi connectivity index (χ0v) is 21.3. The molecule has 0 bridgehead atoms. The molecule has 1 aliphatic carbocycles. The lowest BCUT2D eigenvalue weighted by molar-refractivity contribution is 0.0202. The van der Waals surface area contributed by atoms with E-state index in [4.69, 9.17) is 32.5 Å². The first-order valence-corrected chi connectivity index (χ1v) is 12.4. The Morgan fingerprint density at radius 1 is 1.15 bits per heavy atom. The van der Waals surface area contributed by atoms with E-state index in [1.807, 2.05) is 51.1 Å². The summed E-state index contributed by atoms with van der Waals surface area (Å²) in [5.41, 5.74) is 3.41. The standard InChI is InChI=1S/C24H28Cl2N2O4S/c1-24(2,3)32-23(29)28(4)22-10-8-17(16-6-9-20(25)21(26)14-16)19-13-15(5-7-18(19)22)11-12-27-33(30)31/h5-7,9,11-14,17,22,27H,8,10H2,1-4H3,(H,30,31). The third-order valence-electron chi connectivity index (χ3n) is 5.51.